The van der Waals surface area contributed by atoms with Crippen LogP contribution in [0.5, 0.6) is 11.5 Å². The predicted octanol–water partition coefficient (Wildman–Crippen LogP) is 4.72. The molecule has 0 unspecified atom stereocenters. The third-order valence-electron chi connectivity index (χ3n) is 4.56. The monoisotopic (exact) mass is 492 g/mol. The number of ether oxygens (including phenoxy) is 2. The molecule has 0 bridgehead atoms. The molecule has 0 saturated carbocycles. The van der Waals surface area contributed by atoms with Crippen LogP contribution in [0, 0.1) is 5.82 Å². The highest BCUT2D eigenvalue weighted by Gasteiger charge is 2.27. The molecule has 174 valence electrons. The van der Waals surface area contributed by atoms with E-state index in [1.807, 2.05) is 6.92 Å². The van der Waals surface area contributed by atoms with Crippen molar-refractivity contribution in [1.82, 2.24) is 0 Å². The van der Waals surface area contributed by atoms with Crippen LogP contribution in [-0.2, 0) is 14.8 Å². The van der Waals surface area contributed by atoms with E-state index in [1.165, 1.54) is 49.6 Å². The van der Waals surface area contributed by atoms with Crippen molar-refractivity contribution in [2.24, 2.45) is 0 Å². The number of hydrogen-bond donors (Lipinski definition) is 1. The first kappa shape index (κ1) is 24.3. The minimum atomic E-state index is -4.16. The Morgan fingerprint density at radius 1 is 1.06 bits per heavy atom. The Labute approximate surface area is 196 Å². The van der Waals surface area contributed by atoms with Crippen LogP contribution in [0.4, 0.5) is 15.8 Å². The number of carbonyl (C=O) groups excluding carboxylic acids is 1. The summed E-state index contributed by atoms with van der Waals surface area (Å²) in [5.74, 6) is -0.204. The minimum Gasteiger partial charge on any atom is -0.495 e. The van der Waals surface area contributed by atoms with E-state index in [4.69, 9.17) is 21.1 Å². The second-order valence-corrected chi connectivity index (χ2v) is 9.06. The van der Waals surface area contributed by atoms with Gasteiger partial charge in [-0.15, -0.1) is 0 Å². The van der Waals surface area contributed by atoms with Gasteiger partial charge in [-0.25, -0.2) is 12.8 Å². The van der Waals surface area contributed by atoms with Gasteiger partial charge in [0.25, 0.3) is 10.0 Å². The largest absolute Gasteiger partial charge is 0.495 e. The van der Waals surface area contributed by atoms with E-state index in [9.17, 15) is 17.6 Å². The number of sulfonamides is 1. The van der Waals surface area contributed by atoms with E-state index in [-0.39, 0.29) is 15.6 Å². The lowest BCUT2D eigenvalue weighted by Gasteiger charge is -2.24. The first-order chi connectivity index (χ1) is 15.7. The van der Waals surface area contributed by atoms with Crippen molar-refractivity contribution >= 4 is 38.9 Å². The first-order valence-electron chi connectivity index (χ1n) is 9.89. The molecule has 0 atom stereocenters. The lowest BCUT2D eigenvalue weighted by Crippen LogP contribution is -2.38. The molecule has 1 amide bonds. The Balaban J connectivity index is 1.90. The van der Waals surface area contributed by atoms with Gasteiger partial charge in [0.15, 0.2) is 0 Å². The van der Waals surface area contributed by atoms with Crippen molar-refractivity contribution in [2.75, 3.05) is 29.9 Å². The van der Waals surface area contributed by atoms with Crippen LogP contribution in [0.3, 0.4) is 0 Å². The van der Waals surface area contributed by atoms with Crippen molar-refractivity contribution in [3.05, 3.63) is 77.6 Å². The summed E-state index contributed by atoms with van der Waals surface area (Å²) in [6.07, 6.45) is 0. The summed E-state index contributed by atoms with van der Waals surface area (Å²) in [7, 11) is -2.69. The molecule has 0 radical (unpaired) electrons. The molecule has 0 spiro atoms. The van der Waals surface area contributed by atoms with Gasteiger partial charge in [-0.1, -0.05) is 11.6 Å². The smallest absolute Gasteiger partial charge is 0.264 e. The van der Waals surface area contributed by atoms with E-state index in [2.05, 4.69) is 5.32 Å². The number of anilines is 2. The van der Waals surface area contributed by atoms with Gasteiger partial charge in [0, 0.05) is 5.69 Å². The number of amides is 1. The van der Waals surface area contributed by atoms with Crippen LogP contribution in [0.15, 0.2) is 71.6 Å². The normalized spacial score (nSPS) is 11.0. The predicted molar refractivity (Wildman–Crippen MR) is 125 cm³/mol. The summed E-state index contributed by atoms with van der Waals surface area (Å²) in [5.41, 5.74) is 0.497. The van der Waals surface area contributed by atoms with Crippen LogP contribution in [0.25, 0.3) is 0 Å². The third kappa shape index (κ3) is 5.94. The maximum atomic E-state index is 13.5. The summed E-state index contributed by atoms with van der Waals surface area (Å²) < 4.78 is 51.6. The molecule has 1 N–H and O–H groups in total. The van der Waals surface area contributed by atoms with Crippen molar-refractivity contribution < 1.29 is 27.1 Å². The van der Waals surface area contributed by atoms with Crippen LogP contribution in [0.1, 0.15) is 6.92 Å². The summed E-state index contributed by atoms with van der Waals surface area (Å²) >= 11 is 6.09. The quantitative estimate of drug-likeness (QED) is 0.467. The van der Waals surface area contributed by atoms with E-state index in [0.717, 1.165) is 16.4 Å². The molecule has 33 heavy (non-hydrogen) atoms. The zero-order valence-corrected chi connectivity index (χ0v) is 19.5. The van der Waals surface area contributed by atoms with Gasteiger partial charge in [0.05, 0.1) is 29.3 Å². The Morgan fingerprint density at radius 3 is 2.30 bits per heavy atom. The van der Waals surface area contributed by atoms with E-state index in [1.54, 1.807) is 12.1 Å². The molecule has 0 fully saturated rings. The summed E-state index contributed by atoms with van der Waals surface area (Å²) in [6.45, 7) is 1.70. The molecule has 0 aliphatic carbocycles. The van der Waals surface area contributed by atoms with Crippen LogP contribution in [0.2, 0.25) is 5.02 Å². The number of nitrogens with zero attached hydrogens (tertiary/aromatic N) is 1. The number of methoxy groups -OCH3 is 1. The Morgan fingerprint density at radius 2 is 1.73 bits per heavy atom. The lowest BCUT2D eigenvalue weighted by molar-refractivity contribution is -0.114. The van der Waals surface area contributed by atoms with Crippen molar-refractivity contribution in [3.63, 3.8) is 0 Å². The highest BCUT2D eigenvalue weighted by molar-refractivity contribution is 7.92. The molecular weight excluding hydrogens is 471 g/mol. The van der Waals surface area contributed by atoms with Gasteiger partial charge in [-0.05, 0) is 73.7 Å². The maximum absolute atomic E-state index is 13.5. The molecule has 0 aromatic heterocycles. The standard InChI is InChI=1S/C23H22ClFN2O5S/c1-3-32-19-9-11-20(12-10-19)33(29,30)27(18-7-4-16(25)5-8-18)15-23(28)26-17-6-13-22(31-2)21(24)14-17/h4-14H,3,15H2,1-2H3,(H,26,28). The summed E-state index contributed by atoms with van der Waals surface area (Å²) in [4.78, 5) is 12.7. The number of hydrogen-bond acceptors (Lipinski definition) is 5. The first-order valence-corrected chi connectivity index (χ1v) is 11.7. The number of benzene rings is 3. The van der Waals surface area contributed by atoms with Gasteiger partial charge >= 0.3 is 0 Å². The van der Waals surface area contributed by atoms with E-state index in [0.29, 0.717) is 23.8 Å². The van der Waals surface area contributed by atoms with Crippen LogP contribution in [-0.4, -0.2) is 34.6 Å². The van der Waals surface area contributed by atoms with Gasteiger partial charge in [0.2, 0.25) is 5.91 Å². The van der Waals surface area contributed by atoms with Crippen molar-refractivity contribution in [3.8, 4) is 11.5 Å². The molecule has 0 heterocycles. The Hall–Kier alpha value is -3.30. The number of carbonyl (C=O) groups is 1. The molecule has 3 rings (SSSR count). The number of nitrogens with one attached hydrogen (secondary N) is 1. The maximum Gasteiger partial charge on any atom is 0.264 e. The molecule has 3 aromatic rings. The summed E-state index contributed by atoms with van der Waals surface area (Å²) in [5, 5.41) is 2.90. The van der Waals surface area contributed by atoms with Crippen molar-refractivity contribution in [2.45, 2.75) is 11.8 Å². The second-order valence-electron chi connectivity index (χ2n) is 6.79. The van der Waals surface area contributed by atoms with Gasteiger partial charge in [0.1, 0.15) is 23.9 Å². The van der Waals surface area contributed by atoms with Gasteiger partial charge in [-0.2, -0.15) is 0 Å². The summed E-state index contributed by atoms with van der Waals surface area (Å²) in [6, 6.07) is 15.3. The third-order valence-corrected chi connectivity index (χ3v) is 6.64. The Bertz CT molecular complexity index is 1220. The minimum absolute atomic E-state index is 0.0458. The lowest BCUT2D eigenvalue weighted by atomic mass is 10.3. The van der Waals surface area contributed by atoms with Crippen LogP contribution >= 0.6 is 11.6 Å². The zero-order chi connectivity index (χ0) is 24.0. The topological polar surface area (TPSA) is 84.9 Å². The number of halogens is 2. The van der Waals surface area contributed by atoms with Gasteiger partial charge < -0.3 is 14.8 Å². The van der Waals surface area contributed by atoms with Crippen LogP contribution < -0.4 is 19.1 Å². The second kappa shape index (κ2) is 10.5. The fourth-order valence-electron chi connectivity index (χ4n) is 3.00. The van der Waals surface area contributed by atoms with Gasteiger partial charge in [-0.3, -0.25) is 9.10 Å². The van der Waals surface area contributed by atoms with E-state index < -0.39 is 28.3 Å². The average Bonchev–Trinajstić information content (AvgIpc) is 2.79. The zero-order valence-electron chi connectivity index (χ0n) is 17.9. The molecule has 3 aromatic carbocycles. The fourth-order valence-corrected chi connectivity index (χ4v) is 4.68. The van der Waals surface area contributed by atoms with Crippen molar-refractivity contribution in [1.29, 1.82) is 0 Å². The molecule has 0 aliphatic rings. The van der Waals surface area contributed by atoms with E-state index >= 15 is 0 Å². The molecular formula is C23H22ClFN2O5S. The molecule has 10 heteroatoms. The average molecular weight is 493 g/mol. The Kier molecular flexibility index (Phi) is 7.78. The number of rotatable bonds is 9. The molecule has 0 aliphatic heterocycles. The molecule has 7 nitrogen and oxygen atoms in total. The molecule has 0 saturated heterocycles. The highest BCUT2D eigenvalue weighted by Crippen LogP contribution is 2.28. The fraction of sp³-hybridized carbons (Fsp3) is 0.174. The SMILES string of the molecule is CCOc1ccc(S(=O)(=O)N(CC(=O)Nc2ccc(OC)c(Cl)c2)c2ccc(F)cc2)cc1. The highest BCUT2D eigenvalue weighted by atomic mass is 35.5.